The molecule has 0 aliphatic carbocycles. The Morgan fingerprint density at radius 1 is 0.400 bits per heavy atom. The molecule has 0 fully saturated rings. The summed E-state index contributed by atoms with van der Waals surface area (Å²) in [6.07, 6.45) is 1.40. The number of ether oxygens (including phenoxy) is 2. The van der Waals surface area contributed by atoms with Crippen molar-refractivity contribution in [2.75, 3.05) is 47.4 Å². The highest BCUT2D eigenvalue weighted by Crippen LogP contribution is 2.21. The van der Waals surface area contributed by atoms with E-state index in [1.807, 2.05) is 84.9 Å². The van der Waals surface area contributed by atoms with E-state index in [9.17, 15) is 10.2 Å². The van der Waals surface area contributed by atoms with E-state index >= 15 is 0 Å². The van der Waals surface area contributed by atoms with E-state index in [0.29, 0.717) is 74.3 Å². The van der Waals surface area contributed by atoms with Crippen molar-refractivity contribution in [1.29, 1.82) is 0 Å². The lowest BCUT2D eigenvalue weighted by Gasteiger charge is -2.12. The molecule has 0 bridgehead atoms. The van der Waals surface area contributed by atoms with Gasteiger partial charge in [0, 0.05) is 26.2 Å². The lowest BCUT2D eigenvalue weighted by atomic mass is 10.1. The summed E-state index contributed by atoms with van der Waals surface area (Å²) < 4.78 is 11.8. The lowest BCUT2D eigenvalue weighted by molar-refractivity contribution is 0.440. The molecule has 0 saturated heterocycles. The zero-order valence-corrected chi connectivity index (χ0v) is 27.0. The van der Waals surface area contributed by atoms with Crippen molar-refractivity contribution >= 4 is 23.8 Å². The number of aromatic nitrogens is 6. The highest BCUT2D eigenvalue weighted by Gasteiger charge is 2.11. The standard InChI is InChI=1S/C36H36N10O4/c47-27-15-11-25(12-16-27)19-21-37-31-41-33(45-35(43-31)49-29-7-3-1-4-8-29)39-23-24-40-34-42-32(38-22-20-26-13-17-28(48)18-14-26)44-36(46-34)50-30-9-5-2-6-10-30/h1-18,47-48H,19-24H2,(H2,37,39,41,43,45)(H2,38,40,42,44,46). The molecular weight excluding hydrogens is 636 g/mol. The quantitative estimate of drug-likeness (QED) is 0.0631. The molecule has 0 saturated carbocycles. The molecule has 4 aromatic carbocycles. The summed E-state index contributed by atoms with van der Waals surface area (Å²) in [4.78, 5) is 26.8. The maximum absolute atomic E-state index is 9.56. The van der Waals surface area contributed by atoms with Crippen molar-refractivity contribution < 1.29 is 19.7 Å². The molecule has 254 valence electrons. The number of nitrogens with one attached hydrogen (secondary N) is 4. The molecule has 50 heavy (non-hydrogen) atoms. The first-order valence-corrected chi connectivity index (χ1v) is 16.0. The van der Waals surface area contributed by atoms with E-state index in [-0.39, 0.29) is 23.5 Å². The number of aromatic hydroxyl groups is 2. The fourth-order valence-corrected chi connectivity index (χ4v) is 4.62. The molecule has 0 atom stereocenters. The van der Waals surface area contributed by atoms with Gasteiger partial charge in [-0.1, -0.05) is 60.7 Å². The lowest BCUT2D eigenvalue weighted by Crippen LogP contribution is -2.19. The molecular formula is C36H36N10O4. The van der Waals surface area contributed by atoms with E-state index in [1.165, 1.54) is 0 Å². The number of phenols is 2. The Morgan fingerprint density at radius 2 is 0.740 bits per heavy atom. The van der Waals surface area contributed by atoms with Gasteiger partial charge in [0.25, 0.3) is 0 Å². The van der Waals surface area contributed by atoms with Crippen molar-refractivity contribution in [3.05, 3.63) is 120 Å². The van der Waals surface area contributed by atoms with E-state index in [4.69, 9.17) is 9.47 Å². The van der Waals surface area contributed by atoms with E-state index < -0.39 is 0 Å². The van der Waals surface area contributed by atoms with Crippen LogP contribution in [0.3, 0.4) is 0 Å². The number of nitrogens with zero attached hydrogens (tertiary/aromatic N) is 6. The Balaban J connectivity index is 1.09. The average Bonchev–Trinajstić information content (AvgIpc) is 3.13. The Labute approximate surface area is 288 Å². The average molecular weight is 673 g/mol. The van der Waals surface area contributed by atoms with Gasteiger partial charge in [0.15, 0.2) is 0 Å². The predicted molar refractivity (Wildman–Crippen MR) is 190 cm³/mol. The van der Waals surface area contributed by atoms with Crippen LogP contribution in [0.25, 0.3) is 0 Å². The summed E-state index contributed by atoms with van der Waals surface area (Å²) in [5, 5.41) is 32.0. The van der Waals surface area contributed by atoms with Gasteiger partial charge < -0.3 is 41.0 Å². The van der Waals surface area contributed by atoms with Gasteiger partial charge in [-0.2, -0.15) is 29.9 Å². The highest BCUT2D eigenvalue weighted by molar-refractivity contribution is 5.40. The van der Waals surface area contributed by atoms with Crippen LogP contribution in [0.15, 0.2) is 109 Å². The van der Waals surface area contributed by atoms with Crippen LogP contribution >= 0.6 is 0 Å². The molecule has 6 aromatic rings. The minimum atomic E-state index is 0.136. The first-order valence-electron chi connectivity index (χ1n) is 16.0. The Morgan fingerprint density at radius 3 is 1.10 bits per heavy atom. The summed E-state index contributed by atoms with van der Waals surface area (Å²) in [5.74, 6) is 2.98. The second-order valence-corrected chi connectivity index (χ2v) is 10.9. The van der Waals surface area contributed by atoms with Crippen molar-refractivity contribution in [2.45, 2.75) is 12.8 Å². The van der Waals surface area contributed by atoms with Crippen molar-refractivity contribution in [2.24, 2.45) is 0 Å². The number of rotatable bonds is 17. The van der Waals surface area contributed by atoms with Gasteiger partial charge in [-0.3, -0.25) is 0 Å². The molecule has 0 radical (unpaired) electrons. The minimum absolute atomic E-state index is 0.136. The number of hydrogen-bond acceptors (Lipinski definition) is 14. The van der Waals surface area contributed by atoms with E-state index in [0.717, 1.165) is 11.1 Å². The number of para-hydroxylation sites is 2. The molecule has 6 N–H and O–H groups in total. The Hall–Kier alpha value is -6.70. The van der Waals surface area contributed by atoms with Gasteiger partial charge in [-0.25, -0.2) is 0 Å². The van der Waals surface area contributed by atoms with Crippen LogP contribution < -0.4 is 30.7 Å². The van der Waals surface area contributed by atoms with Crippen molar-refractivity contribution in [1.82, 2.24) is 29.9 Å². The van der Waals surface area contributed by atoms with Gasteiger partial charge in [-0.15, -0.1) is 0 Å². The largest absolute Gasteiger partial charge is 0.508 e. The maximum atomic E-state index is 9.56. The van der Waals surface area contributed by atoms with Crippen LogP contribution in [0, 0.1) is 0 Å². The van der Waals surface area contributed by atoms with Crippen LogP contribution in [0.5, 0.6) is 35.0 Å². The van der Waals surface area contributed by atoms with Crippen LogP contribution in [-0.2, 0) is 12.8 Å². The van der Waals surface area contributed by atoms with Crippen molar-refractivity contribution in [3.8, 4) is 35.0 Å². The summed E-state index contributed by atoms with van der Waals surface area (Å²) in [5.41, 5.74) is 2.11. The SMILES string of the molecule is Oc1ccc(CCNc2nc(NCCNc3nc(NCCc4ccc(O)cc4)nc(Oc4ccccc4)n3)nc(Oc3ccccc3)n2)cc1. The van der Waals surface area contributed by atoms with Crippen LogP contribution in [0.1, 0.15) is 11.1 Å². The fourth-order valence-electron chi connectivity index (χ4n) is 4.62. The first kappa shape index (κ1) is 33.2. The van der Waals surface area contributed by atoms with Crippen molar-refractivity contribution in [3.63, 3.8) is 0 Å². The summed E-state index contributed by atoms with van der Waals surface area (Å²) in [6, 6.07) is 32.9. The molecule has 0 amide bonds. The first-order chi connectivity index (χ1) is 24.5. The molecule has 2 heterocycles. The fraction of sp³-hybridized carbons (Fsp3) is 0.167. The number of benzene rings is 4. The third-order valence-electron chi connectivity index (χ3n) is 7.09. The molecule has 14 heteroatoms. The van der Waals surface area contributed by atoms with Gasteiger partial charge in [0.05, 0.1) is 0 Å². The third-order valence-corrected chi connectivity index (χ3v) is 7.09. The maximum Gasteiger partial charge on any atom is 0.328 e. The van der Waals surface area contributed by atoms with Gasteiger partial charge in [-0.05, 0) is 72.5 Å². The zero-order chi connectivity index (χ0) is 34.4. The monoisotopic (exact) mass is 672 g/mol. The van der Waals surface area contributed by atoms with E-state index in [2.05, 4.69) is 51.2 Å². The van der Waals surface area contributed by atoms with E-state index in [1.54, 1.807) is 24.3 Å². The van der Waals surface area contributed by atoms with Gasteiger partial charge in [0.2, 0.25) is 23.8 Å². The Bertz CT molecular complexity index is 1790. The second-order valence-electron chi connectivity index (χ2n) is 10.9. The molecule has 2 aromatic heterocycles. The second kappa shape index (κ2) is 16.9. The third kappa shape index (κ3) is 10.4. The normalized spacial score (nSPS) is 10.6. The summed E-state index contributed by atoms with van der Waals surface area (Å²) >= 11 is 0. The molecule has 6 rings (SSSR count). The number of anilines is 4. The Kier molecular flexibility index (Phi) is 11.2. The smallest absolute Gasteiger partial charge is 0.328 e. The van der Waals surface area contributed by atoms with Crippen LogP contribution in [0.4, 0.5) is 23.8 Å². The van der Waals surface area contributed by atoms with Gasteiger partial charge >= 0.3 is 12.0 Å². The molecule has 0 unspecified atom stereocenters. The summed E-state index contributed by atoms with van der Waals surface area (Å²) in [6.45, 7) is 1.93. The number of phenolic OH excluding ortho intramolecular Hbond substituents is 2. The van der Waals surface area contributed by atoms with Crippen LogP contribution in [0.2, 0.25) is 0 Å². The van der Waals surface area contributed by atoms with Gasteiger partial charge in [0.1, 0.15) is 23.0 Å². The summed E-state index contributed by atoms with van der Waals surface area (Å²) in [7, 11) is 0. The predicted octanol–water partition coefficient (Wildman–Crippen LogP) is 5.89. The molecule has 0 aliphatic rings. The minimum Gasteiger partial charge on any atom is -0.508 e. The molecule has 0 spiro atoms. The van der Waals surface area contributed by atoms with Crippen LogP contribution in [-0.4, -0.2) is 66.3 Å². The highest BCUT2D eigenvalue weighted by atomic mass is 16.5. The number of hydrogen-bond donors (Lipinski definition) is 6. The molecule has 0 aliphatic heterocycles. The molecule has 14 nitrogen and oxygen atoms in total. The topological polar surface area (TPSA) is 184 Å². The zero-order valence-electron chi connectivity index (χ0n) is 27.0.